The molecular weight excluding hydrogens is 304 g/mol. The number of nitrogens with zero attached hydrogens (tertiary/aromatic N) is 2. The van der Waals surface area contributed by atoms with Crippen molar-refractivity contribution >= 4 is 11.6 Å². The highest BCUT2D eigenvalue weighted by Crippen LogP contribution is 2.52. The lowest BCUT2D eigenvalue weighted by molar-refractivity contribution is 0.229. The molecule has 122 valence electrons. The molecule has 2 aliphatic rings. The van der Waals surface area contributed by atoms with Gasteiger partial charge in [-0.3, -0.25) is 0 Å². The highest BCUT2D eigenvalue weighted by molar-refractivity contribution is 6.31. The Labute approximate surface area is 143 Å². The quantitative estimate of drug-likeness (QED) is 0.756. The van der Waals surface area contributed by atoms with Gasteiger partial charge in [-0.25, -0.2) is 4.98 Å². The molecule has 0 N–H and O–H groups in total. The number of hydrogen-bond acceptors (Lipinski definition) is 1. The van der Waals surface area contributed by atoms with E-state index in [2.05, 4.69) is 34.8 Å². The van der Waals surface area contributed by atoms with E-state index in [9.17, 15) is 0 Å². The van der Waals surface area contributed by atoms with Crippen molar-refractivity contribution in [2.45, 2.75) is 63.8 Å². The third-order valence-corrected chi connectivity index (χ3v) is 6.53. The summed E-state index contributed by atoms with van der Waals surface area (Å²) in [6, 6.07) is 4.43. The second-order valence-electron chi connectivity index (χ2n) is 7.41. The zero-order valence-corrected chi connectivity index (χ0v) is 14.6. The molecule has 4 rings (SSSR count). The van der Waals surface area contributed by atoms with Crippen LogP contribution < -0.4 is 0 Å². The summed E-state index contributed by atoms with van der Waals surface area (Å²) in [7, 11) is 0. The van der Waals surface area contributed by atoms with Gasteiger partial charge < -0.3 is 4.57 Å². The van der Waals surface area contributed by atoms with Crippen LogP contribution in [0.3, 0.4) is 0 Å². The van der Waals surface area contributed by atoms with E-state index in [4.69, 9.17) is 11.6 Å². The fraction of sp³-hybridized carbons (Fsp3) is 0.550. The minimum atomic E-state index is 0.381. The highest BCUT2D eigenvalue weighted by atomic mass is 35.5. The zero-order chi connectivity index (χ0) is 15.9. The van der Waals surface area contributed by atoms with Crippen LogP contribution in [0.4, 0.5) is 0 Å². The first-order chi connectivity index (χ1) is 11.2. The number of aryl methyl sites for hydroxylation is 2. The van der Waals surface area contributed by atoms with E-state index in [1.165, 1.54) is 44.1 Å². The molecule has 2 unspecified atom stereocenters. The molecule has 0 aliphatic heterocycles. The van der Waals surface area contributed by atoms with Crippen molar-refractivity contribution in [1.29, 1.82) is 0 Å². The molecule has 0 saturated carbocycles. The highest BCUT2D eigenvalue weighted by Gasteiger charge is 2.42. The zero-order valence-electron chi connectivity index (χ0n) is 13.9. The van der Waals surface area contributed by atoms with E-state index in [0.717, 1.165) is 23.9 Å². The number of aromatic nitrogens is 2. The smallest absolute Gasteiger partial charge is 0.0945 e. The second-order valence-corrected chi connectivity index (χ2v) is 7.82. The SMILES string of the molecule is CCC12CCCc3ccc(Cl)c(c31)CC(CCn1ccnc1)C2. The predicted octanol–water partition coefficient (Wildman–Crippen LogP) is 5.17. The molecule has 2 aliphatic carbocycles. The van der Waals surface area contributed by atoms with Gasteiger partial charge in [0.2, 0.25) is 0 Å². The molecule has 2 nitrogen and oxygen atoms in total. The van der Waals surface area contributed by atoms with E-state index in [-0.39, 0.29) is 0 Å². The molecule has 2 aromatic rings. The monoisotopic (exact) mass is 328 g/mol. The van der Waals surface area contributed by atoms with Gasteiger partial charge in [0.15, 0.2) is 0 Å². The van der Waals surface area contributed by atoms with Crippen molar-refractivity contribution in [2.24, 2.45) is 5.92 Å². The Hall–Kier alpha value is -1.28. The van der Waals surface area contributed by atoms with Crippen LogP contribution in [0.15, 0.2) is 30.9 Å². The molecule has 2 atom stereocenters. The number of imidazole rings is 1. The normalized spacial score (nSPS) is 26.1. The van der Waals surface area contributed by atoms with Gasteiger partial charge in [0.05, 0.1) is 6.33 Å². The lowest BCUT2D eigenvalue weighted by atomic mass is 9.58. The molecule has 0 amide bonds. The molecule has 0 saturated heterocycles. The maximum Gasteiger partial charge on any atom is 0.0945 e. The van der Waals surface area contributed by atoms with Crippen molar-refractivity contribution < 1.29 is 0 Å². The average Bonchev–Trinajstić information content (AvgIpc) is 3.09. The summed E-state index contributed by atoms with van der Waals surface area (Å²) in [5.41, 5.74) is 5.06. The first-order valence-corrected chi connectivity index (χ1v) is 9.36. The fourth-order valence-electron chi connectivity index (χ4n) is 5.05. The van der Waals surface area contributed by atoms with E-state index < -0.39 is 0 Å². The van der Waals surface area contributed by atoms with Crippen LogP contribution in [0.5, 0.6) is 0 Å². The minimum absolute atomic E-state index is 0.381. The molecule has 3 heteroatoms. The molecule has 0 bridgehead atoms. The van der Waals surface area contributed by atoms with Crippen molar-refractivity contribution in [2.75, 3.05) is 0 Å². The van der Waals surface area contributed by atoms with Gasteiger partial charge in [-0.05, 0) is 79.0 Å². The van der Waals surface area contributed by atoms with Crippen molar-refractivity contribution in [3.8, 4) is 0 Å². The Morgan fingerprint density at radius 1 is 1.39 bits per heavy atom. The Morgan fingerprint density at radius 3 is 3.09 bits per heavy atom. The van der Waals surface area contributed by atoms with Gasteiger partial charge in [-0.2, -0.15) is 0 Å². The van der Waals surface area contributed by atoms with Gasteiger partial charge in [0, 0.05) is 24.0 Å². The lowest BCUT2D eigenvalue weighted by Crippen LogP contribution is -2.38. The van der Waals surface area contributed by atoms with Crippen LogP contribution in [0.1, 0.15) is 55.7 Å². The summed E-state index contributed by atoms with van der Waals surface area (Å²) in [4.78, 5) is 4.16. The van der Waals surface area contributed by atoms with Crippen molar-refractivity contribution in [1.82, 2.24) is 9.55 Å². The maximum absolute atomic E-state index is 6.63. The summed E-state index contributed by atoms with van der Waals surface area (Å²) < 4.78 is 2.20. The van der Waals surface area contributed by atoms with Crippen LogP contribution in [0.25, 0.3) is 0 Å². The Morgan fingerprint density at radius 2 is 2.30 bits per heavy atom. The maximum atomic E-state index is 6.63. The minimum Gasteiger partial charge on any atom is -0.337 e. The first kappa shape index (κ1) is 15.3. The van der Waals surface area contributed by atoms with Gasteiger partial charge >= 0.3 is 0 Å². The molecule has 0 spiro atoms. The van der Waals surface area contributed by atoms with Crippen LogP contribution in [0, 0.1) is 5.92 Å². The summed E-state index contributed by atoms with van der Waals surface area (Å²) in [6.07, 6.45) is 14.7. The molecule has 1 aromatic heterocycles. The molecule has 23 heavy (non-hydrogen) atoms. The second kappa shape index (κ2) is 5.98. The largest absolute Gasteiger partial charge is 0.337 e. The summed E-state index contributed by atoms with van der Waals surface area (Å²) in [5, 5.41) is 0.996. The van der Waals surface area contributed by atoms with Crippen LogP contribution in [0.2, 0.25) is 5.02 Å². The van der Waals surface area contributed by atoms with Crippen LogP contribution in [-0.2, 0) is 24.8 Å². The third kappa shape index (κ3) is 2.61. The van der Waals surface area contributed by atoms with Gasteiger partial charge in [0.1, 0.15) is 0 Å². The van der Waals surface area contributed by atoms with Crippen molar-refractivity contribution in [3.63, 3.8) is 0 Å². The third-order valence-electron chi connectivity index (χ3n) is 6.18. The van der Waals surface area contributed by atoms with Gasteiger partial charge in [0.25, 0.3) is 0 Å². The van der Waals surface area contributed by atoms with Crippen LogP contribution in [-0.4, -0.2) is 9.55 Å². The van der Waals surface area contributed by atoms with Gasteiger partial charge in [-0.15, -0.1) is 0 Å². The number of benzene rings is 1. The summed E-state index contributed by atoms with van der Waals surface area (Å²) >= 11 is 6.63. The van der Waals surface area contributed by atoms with E-state index in [1.807, 2.05) is 12.5 Å². The number of rotatable bonds is 4. The van der Waals surface area contributed by atoms with E-state index in [0.29, 0.717) is 5.41 Å². The average molecular weight is 329 g/mol. The molecule has 0 fully saturated rings. The molecule has 1 aromatic carbocycles. The summed E-state index contributed by atoms with van der Waals surface area (Å²) in [6.45, 7) is 3.44. The van der Waals surface area contributed by atoms with E-state index in [1.54, 1.807) is 11.1 Å². The van der Waals surface area contributed by atoms with Crippen molar-refractivity contribution in [3.05, 3.63) is 52.6 Å². The molecule has 0 radical (unpaired) electrons. The van der Waals surface area contributed by atoms with Gasteiger partial charge in [-0.1, -0.05) is 24.6 Å². The Balaban J connectivity index is 1.66. The Kier molecular flexibility index (Phi) is 3.96. The standard InChI is InChI=1S/C20H25ClN2/c1-2-20-8-3-4-16-5-6-18(21)17(19(16)20)12-15(13-20)7-10-23-11-9-22-14-23/h5-6,9,11,14-15H,2-4,7-8,10,12-13H2,1H3. The topological polar surface area (TPSA) is 17.8 Å². The first-order valence-electron chi connectivity index (χ1n) is 8.98. The number of halogens is 1. The van der Waals surface area contributed by atoms with Crippen LogP contribution >= 0.6 is 11.6 Å². The van der Waals surface area contributed by atoms with E-state index >= 15 is 0 Å². The summed E-state index contributed by atoms with van der Waals surface area (Å²) in [5.74, 6) is 0.732. The fourth-order valence-corrected chi connectivity index (χ4v) is 5.29. The molecule has 1 heterocycles. The predicted molar refractivity (Wildman–Crippen MR) is 95.0 cm³/mol. The Bertz CT molecular complexity index is 692. The number of hydrogen-bond donors (Lipinski definition) is 0. The molecular formula is C20H25ClN2. The lowest BCUT2D eigenvalue weighted by Gasteiger charge is -2.46.